The summed E-state index contributed by atoms with van der Waals surface area (Å²) >= 11 is 0. The first-order valence-corrected chi connectivity index (χ1v) is 41.9. The number of hydrogen-bond acceptors (Lipinski definition) is 5. The van der Waals surface area contributed by atoms with E-state index in [1.54, 1.807) is 6.08 Å². The van der Waals surface area contributed by atoms with Gasteiger partial charge in [-0.3, -0.25) is 13.8 Å². The second kappa shape index (κ2) is 72.0. The predicted octanol–water partition coefficient (Wildman–Crippen LogP) is 26.3. The van der Waals surface area contributed by atoms with E-state index in [1.165, 1.54) is 366 Å². The van der Waals surface area contributed by atoms with E-state index in [9.17, 15) is 19.4 Å². The number of hydrogen-bond donors (Lipinski definition) is 3. The molecule has 90 heavy (non-hydrogen) atoms. The third kappa shape index (κ3) is 74.1. The summed E-state index contributed by atoms with van der Waals surface area (Å²) in [6.45, 7) is 4.88. The molecule has 0 saturated carbocycles. The first-order valence-electron chi connectivity index (χ1n) is 40.4. The van der Waals surface area contributed by atoms with Crippen molar-refractivity contribution in [2.24, 2.45) is 0 Å². The second-order valence-electron chi connectivity index (χ2n) is 29.2. The molecular weight excluding hydrogens is 1130 g/mol. The molecule has 0 aliphatic rings. The van der Waals surface area contributed by atoms with Crippen molar-refractivity contribution in [1.29, 1.82) is 0 Å². The fourth-order valence-electron chi connectivity index (χ4n) is 12.6. The molecular formula is C81H160N2O6P+. The molecule has 0 bridgehead atoms. The van der Waals surface area contributed by atoms with Gasteiger partial charge in [-0.2, -0.15) is 0 Å². The zero-order valence-electron chi connectivity index (χ0n) is 61.4. The van der Waals surface area contributed by atoms with Crippen LogP contribution in [0.4, 0.5) is 0 Å². The molecule has 0 aliphatic heterocycles. The Morgan fingerprint density at radius 2 is 0.633 bits per heavy atom. The molecule has 0 aromatic rings. The van der Waals surface area contributed by atoms with Crippen LogP contribution in [-0.2, 0) is 18.4 Å². The molecule has 3 N–H and O–H groups in total. The molecule has 3 atom stereocenters. The minimum absolute atomic E-state index is 0.0643. The van der Waals surface area contributed by atoms with Gasteiger partial charge in [-0.25, -0.2) is 4.57 Å². The molecule has 8 nitrogen and oxygen atoms in total. The van der Waals surface area contributed by atoms with Crippen LogP contribution in [0.1, 0.15) is 425 Å². The van der Waals surface area contributed by atoms with Crippen LogP contribution in [0.25, 0.3) is 0 Å². The number of quaternary nitrogens is 1. The number of amides is 1. The summed E-state index contributed by atoms with van der Waals surface area (Å²) < 4.78 is 23.9. The van der Waals surface area contributed by atoms with Crippen LogP contribution in [0.15, 0.2) is 36.5 Å². The maximum Gasteiger partial charge on any atom is 0.472 e. The Balaban J connectivity index is 3.93. The largest absolute Gasteiger partial charge is 0.472 e. The monoisotopic (exact) mass is 1290 g/mol. The minimum Gasteiger partial charge on any atom is -0.387 e. The van der Waals surface area contributed by atoms with Crippen LogP contribution >= 0.6 is 7.82 Å². The topological polar surface area (TPSA) is 105 Å². The second-order valence-corrected chi connectivity index (χ2v) is 30.6. The van der Waals surface area contributed by atoms with Crippen LogP contribution in [0.2, 0.25) is 0 Å². The van der Waals surface area contributed by atoms with Gasteiger partial charge in [0.25, 0.3) is 0 Å². The summed E-state index contributed by atoms with van der Waals surface area (Å²) in [5.41, 5.74) is 0. The summed E-state index contributed by atoms with van der Waals surface area (Å²) in [4.78, 5) is 23.5. The van der Waals surface area contributed by atoms with Crippen molar-refractivity contribution in [2.75, 3.05) is 40.9 Å². The van der Waals surface area contributed by atoms with Gasteiger partial charge in [-0.1, -0.05) is 403 Å². The lowest BCUT2D eigenvalue weighted by Gasteiger charge is -2.25. The number of rotatable bonds is 76. The summed E-state index contributed by atoms with van der Waals surface area (Å²) in [5.74, 6) is -0.167. The van der Waals surface area contributed by atoms with Crippen LogP contribution in [0, 0.1) is 0 Å². The van der Waals surface area contributed by atoms with Gasteiger partial charge in [-0.15, -0.1) is 0 Å². The fraction of sp³-hybridized carbons (Fsp3) is 0.914. The van der Waals surface area contributed by atoms with E-state index in [4.69, 9.17) is 9.05 Å². The van der Waals surface area contributed by atoms with Gasteiger partial charge >= 0.3 is 7.82 Å². The lowest BCUT2D eigenvalue weighted by Crippen LogP contribution is -2.45. The molecule has 3 unspecified atom stereocenters. The van der Waals surface area contributed by atoms with E-state index in [2.05, 4.69) is 43.5 Å². The zero-order chi connectivity index (χ0) is 65.5. The Hall–Kier alpha value is -1.28. The molecule has 0 radical (unpaired) electrons. The fourth-order valence-corrected chi connectivity index (χ4v) is 13.3. The number of carbonyl (C=O) groups excluding carboxylic acids is 1. The average molecular weight is 1290 g/mol. The van der Waals surface area contributed by atoms with Crippen LogP contribution in [0.3, 0.4) is 0 Å². The van der Waals surface area contributed by atoms with Gasteiger partial charge in [0.2, 0.25) is 5.91 Å². The Kier molecular flexibility index (Phi) is 71.0. The third-order valence-corrected chi connectivity index (χ3v) is 19.8. The molecule has 0 aromatic heterocycles. The summed E-state index contributed by atoms with van der Waals surface area (Å²) in [7, 11) is 1.60. The van der Waals surface area contributed by atoms with Gasteiger partial charge in [-0.05, 0) is 51.4 Å². The SMILES string of the molecule is CCCCCCC/C=C\C/C=C\CCCCCCCCCCCCCCCCCCCCCCCCCCCC(=O)NC(COP(=O)(O)OCC[N+](C)(C)C)C(O)/C=C/CCCCCCCCCCCCCCCCCCCCCCCCCCCCCCC. The van der Waals surface area contributed by atoms with Crippen LogP contribution in [0.5, 0.6) is 0 Å². The van der Waals surface area contributed by atoms with Crippen LogP contribution < -0.4 is 5.32 Å². The molecule has 0 spiro atoms. The van der Waals surface area contributed by atoms with E-state index >= 15 is 0 Å². The van der Waals surface area contributed by atoms with E-state index in [0.29, 0.717) is 17.4 Å². The summed E-state index contributed by atoms with van der Waals surface area (Å²) in [6.07, 6.45) is 97.7. The van der Waals surface area contributed by atoms with Gasteiger partial charge in [0, 0.05) is 6.42 Å². The molecule has 0 saturated heterocycles. The van der Waals surface area contributed by atoms with Crippen molar-refractivity contribution in [3.63, 3.8) is 0 Å². The molecule has 0 aliphatic carbocycles. The van der Waals surface area contributed by atoms with Crippen molar-refractivity contribution in [1.82, 2.24) is 5.32 Å². The molecule has 0 rings (SSSR count). The highest BCUT2D eigenvalue weighted by atomic mass is 31.2. The molecule has 0 heterocycles. The minimum atomic E-state index is -4.36. The Morgan fingerprint density at radius 3 is 0.911 bits per heavy atom. The van der Waals surface area contributed by atoms with Crippen LogP contribution in [-0.4, -0.2) is 73.4 Å². The first kappa shape index (κ1) is 88.7. The van der Waals surface area contributed by atoms with Gasteiger partial charge in [0.1, 0.15) is 13.2 Å². The number of phosphoric ester groups is 1. The van der Waals surface area contributed by atoms with Crippen molar-refractivity contribution in [3.05, 3.63) is 36.5 Å². The predicted molar refractivity (Wildman–Crippen MR) is 397 cm³/mol. The standard InChI is InChI=1S/C81H159N2O6P/c1-6-8-10-12-14-16-18-20-22-24-26-28-30-32-34-36-38-39-40-41-42-43-45-47-49-51-53-55-57-59-61-63-65-67-69-71-73-75-81(85)82-79(78-89-90(86,87)88-77-76-83(3,4)5)80(84)74-72-70-68-66-64-62-60-58-56-54-52-50-48-46-44-37-35-33-31-29-27-25-23-21-19-17-15-13-11-9-7-2/h18,20,24,26,72,74,79-80,84H,6-17,19,21-23,25,27-71,73,75-78H2,1-5H3,(H-,82,85,86,87)/p+1/b20-18-,26-24-,74-72+. The summed E-state index contributed by atoms with van der Waals surface area (Å²) in [5, 5.41) is 14.1. The molecule has 9 heteroatoms. The van der Waals surface area contributed by atoms with E-state index in [1.807, 2.05) is 27.2 Å². The number of likely N-dealkylation sites (N-methyl/N-ethyl adjacent to an activating group) is 1. The van der Waals surface area contributed by atoms with Crippen molar-refractivity contribution < 1.29 is 32.9 Å². The van der Waals surface area contributed by atoms with E-state index in [-0.39, 0.29) is 19.1 Å². The molecule has 1 amide bonds. The smallest absolute Gasteiger partial charge is 0.387 e. The quantitative estimate of drug-likeness (QED) is 0.0243. The van der Waals surface area contributed by atoms with Gasteiger partial charge in [0.15, 0.2) is 0 Å². The maximum absolute atomic E-state index is 13.1. The highest BCUT2D eigenvalue weighted by Crippen LogP contribution is 2.43. The van der Waals surface area contributed by atoms with Crippen molar-refractivity contribution in [2.45, 2.75) is 437 Å². The average Bonchev–Trinajstić information content (AvgIpc) is 3.18. The van der Waals surface area contributed by atoms with Gasteiger partial charge < -0.3 is 19.8 Å². The third-order valence-electron chi connectivity index (χ3n) is 18.9. The highest BCUT2D eigenvalue weighted by Gasteiger charge is 2.28. The van der Waals surface area contributed by atoms with Crippen molar-refractivity contribution >= 4 is 13.7 Å². The molecule has 534 valence electrons. The number of nitrogens with zero attached hydrogens (tertiary/aromatic N) is 1. The number of allylic oxidation sites excluding steroid dienone is 5. The van der Waals surface area contributed by atoms with Crippen molar-refractivity contribution in [3.8, 4) is 0 Å². The normalized spacial score (nSPS) is 13.6. The first-order chi connectivity index (χ1) is 44.0. The summed E-state index contributed by atoms with van der Waals surface area (Å²) in [6, 6.07) is -0.847. The lowest BCUT2D eigenvalue weighted by molar-refractivity contribution is -0.870. The number of aliphatic hydroxyl groups excluding tert-OH is 1. The number of unbranched alkanes of at least 4 members (excludes halogenated alkanes) is 59. The number of phosphoric acid groups is 1. The maximum atomic E-state index is 13.1. The number of carbonyl (C=O) groups is 1. The van der Waals surface area contributed by atoms with Gasteiger partial charge in [0.05, 0.1) is 39.9 Å². The Bertz CT molecular complexity index is 1560. The Labute approximate surface area is 563 Å². The van der Waals surface area contributed by atoms with E-state index in [0.717, 1.165) is 38.5 Å². The highest BCUT2D eigenvalue weighted by molar-refractivity contribution is 7.47. The lowest BCUT2D eigenvalue weighted by atomic mass is 10.0. The number of aliphatic hydroxyl groups is 1. The molecule has 0 aromatic carbocycles. The Morgan fingerprint density at radius 1 is 0.378 bits per heavy atom. The van der Waals surface area contributed by atoms with E-state index < -0.39 is 20.0 Å². The molecule has 0 fully saturated rings. The number of nitrogens with one attached hydrogen (secondary N) is 1. The zero-order valence-corrected chi connectivity index (χ0v) is 62.3.